The maximum Gasteiger partial charge on any atom is 0.425 e. The predicted octanol–water partition coefficient (Wildman–Crippen LogP) is 6.00. The van der Waals surface area contributed by atoms with Gasteiger partial charge in [-0.2, -0.15) is 4.90 Å². The number of hydrogen-bond acceptors (Lipinski definition) is 7. The second kappa shape index (κ2) is 9.75. The van der Waals surface area contributed by atoms with E-state index in [4.69, 9.17) is 14.2 Å². The highest BCUT2D eigenvalue weighted by molar-refractivity contribution is 6.20. The van der Waals surface area contributed by atoms with Gasteiger partial charge in [0.15, 0.2) is 0 Å². The van der Waals surface area contributed by atoms with Crippen molar-refractivity contribution in [2.24, 2.45) is 0 Å². The molecule has 0 aromatic heterocycles. The van der Waals surface area contributed by atoms with Crippen molar-refractivity contribution in [1.82, 2.24) is 9.80 Å². The Morgan fingerprint density at radius 1 is 0.889 bits per heavy atom. The second-order valence-corrected chi connectivity index (χ2v) is 11.8. The zero-order chi connectivity index (χ0) is 27.1. The predicted molar refractivity (Wildman–Crippen MR) is 133 cm³/mol. The third kappa shape index (κ3) is 5.82. The van der Waals surface area contributed by atoms with E-state index in [-0.39, 0.29) is 24.9 Å². The topological polar surface area (TPSA) is 102 Å². The maximum absolute atomic E-state index is 13.6. The summed E-state index contributed by atoms with van der Waals surface area (Å²) < 4.78 is 16.5. The molecule has 1 spiro atoms. The molecule has 9 heteroatoms. The molecule has 0 N–H and O–H groups in total. The summed E-state index contributed by atoms with van der Waals surface area (Å²) in [6, 6.07) is 6.81. The summed E-state index contributed by atoms with van der Waals surface area (Å²) in [6.45, 7) is 13.9. The average Bonchev–Trinajstić information content (AvgIpc) is 2.92. The molecule has 0 radical (unpaired) electrons. The molecular weight excluding hydrogens is 464 g/mol. The summed E-state index contributed by atoms with van der Waals surface area (Å²) in [6.07, 6.45) is -0.444. The van der Waals surface area contributed by atoms with Crippen LogP contribution in [0.2, 0.25) is 0 Å². The number of benzene rings is 1. The lowest BCUT2D eigenvalue weighted by atomic mass is 9.73. The first-order valence-electron chi connectivity index (χ1n) is 12.5. The minimum absolute atomic E-state index is 0.0723. The van der Waals surface area contributed by atoms with Crippen LogP contribution in [0.3, 0.4) is 0 Å². The van der Waals surface area contributed by atoms with E-state index >= 15 is 0 Å². The van der Waals surface area contributed by atoms with Crippen molar-refractivity contribution in [2.75, 3.05) is 0 Å². The first-order valence-corrected chi connectivity index (χ1v) is 12.5. The van der Waals surface area contributed by atoms with Crippen molar-refractivity contribution in [1.29, 1.82) is 0 Å². The Bertz CT molecular complexity index is 1010. The molecule has 5 amide bonds. The van der Waals surface area contributed by atoms with Gasteiger partial charge in [0, 0.05) is 0 Å². The number of urea groups is 1. The van der Waals surface area contributed by atoms with Gasteiger partial charge in [-0.3, -0.25) is 4.79 Å². The van der Waals surface area contributed by atoms with E-state index in [2.05, 4.69) is 0 Å². The lowest BCUT2D eigenvalue weighted by Gasteiger charge is -2.40. The van der Waals surface area contributed by atoms with Gasteiger partial charge in [0.1, 0.15) is 22.5 Å². The Balaban J connectivity index is 1.87. The van der Waals surface area contributed by atoms with E-state index in [1.165, 1.54) is 0 Å². The highest BCUT2D eigenvalue weighted by Gasteiger charge is 2.64. The zero-order valence-corrected chi connectivity index (χ0v) is 22.5. The molecule has 36 heavy (non-hydrogen) atoms. The highest BCUT2D eigenvalue weighted by atomic mass is 16.6. The van der Waals surface area contributed by atoms with Crippen LogP contribution in [0.5, 0.6) is 5.75 Å². The molecule has 2 aliphatic rings. The van der Waals surface area contributed by atoms with Crippen LogP contribution in [-0.4, -0.2) is 56.8 Å². The smallest absolute Gasteiger partial charge is 0.425 e. The monoisotopic (exact) mass is 502 g/mol. The van der Waals surface area contributed by atoms with E-state index in [0.717, 1.165) is 16.2 Å². The molecule has 1 aliphatic carbocycles. The van der Waals surface area contributed by atoms with Crippen molar-refractivity contribution in [3.63, 3.8) is 0 Å². The number of rotatable bonds is 3. The Morgan fingerprint density at radius 3 is 1.86 bits per heavy atom. The number of hydrogen-bond donors (Lipinski definition) is 0. The van der Waals surface area contributed by atoms with Crippen LogP contribution in [0.4, 0.5) is 14.4 Å². The minimum atomic E-state index is -1.49. The van der Waals surface area contributed by atoms with Crippen LogP contribution in [0.25, 0.3) is 0 Å². The Hall–Kier alpha value is -3.10. The van der Waals surface area contributed by atoms with Gasteiger partial charge >= 0.3 is 18.2 Å². The van der Waals surface area contributed by atoms with E-state index in [0.29, 0.717) is 17.7 Å². The fraction of sp³-hybridized carbons (Fsp3) is 0.630. The van der Waals surface area contributed by atoms with E-state index < -0.39 is 40.9 Å². The van der Waals surface area contributed by atoms with Gasteiger partial charge in [-0.15, -0.1) is 0 Å². The van der Waals surface area contributed by atoms with Crippen LogP contribution in [0, 0.1) is 0 Å². The zero-order valence-electron chi connectivity index (χ0n) is 22.5. The number of amides is 5. The Morgan fingerprint density at radius 2 is 1.39 bits per heavy atom. The van der Waals surface area contributed by atoms with Crippen LogP contribution in [0.1, 0.15) is 92.6 Å². The van der Waals surface area contributed by atoms with Crippen molar-refractivity contribution in [3.05, 3.63) is 29.8 Å². The first-order chi connectivity index (χ1) is 16.5. The third-order valence-corrected chi connectivity index (χ3v) is 6.10. The Labute approximate surface area is 213 Å². The normalized spacial score (nSPS) is 22.9. The molecule has 1 heterocycles. The number of carbonyl (C=O) groups excluding carboxylic acids is 4. The van der Waals surface area contributed by atoms with Gasteiger partial charge in [0.25, 0.3) is 5.91 Å². The summed E-state index contributed by atoms with van der Waals surface area (Å²) in [7, 11) is 0. The molecule has 1 saturated heterocycles. The SMILES string of the molecule is CC(C)Oc1ccc([C@H]2CC[C@@]3(CC2)C(=O)N(C(=O)OC(C)(C)C)C(=O)N3C(=O)OC(C)(C)C)cc1. The van der Waals surface area contributed by atoms with Crippen LogP contribution >= 0.6 is 0 Å². The molecule has 0 atom stereocenters. The van der Waals surface area contributed by atoms with Gasteiger partial charge in [0.2, 0.25) is 0 Å². The molecule has 0 bridgehead atoms. The molecule has 9 nitrogen and oxygen atoms in total. The standard InChI is InChI=1S/C27H38N2O7/c1-17(2)34-20-11-9-18(10-12-20)19-13-15-27(16-14-19)21(30)28(23(32)35-25(3,4)5)22(31)29(27)24(33)36-26(6,7)8/h9-12,17,19H,13-16H2,1-8H3/t19-,27+. The number of nitrogens with zero attached hydrogens (tertiary/aromatic N) is 2. The minimum Gasteiger partial charge on any atom is -0.491 e. The quantitative estimate of drug-likeness (QED) is 0.467. The third-order valence-electron chi connectivity index (χ3n) is 6.10. The molecule has 198 valence electrons. The van der Waals surface area contributed by atoms with Crippen molar-refractivity contribution < 1.29 is 33.4 Å². The average molecular weight is 503 g/mol. The van der Waals surface area contributed by atoms with Gasteiger partial charge < -0.3 is 14.2 Å². The summed E-state index contributed by atoms with van der Waals surface area (Å²) in [5.41, 5.74) is -2.22. The lowest BCUT2D eigenvalue weighted by molar-refractivity contribution is -0.134. The van der Waals surface area contributed by atoms with Gasteiger partial charge in [-0.1, -0.05) is 12.1 Å². The van der Waals surface area contributed by atoms with Gasteiger partial charge in [0.05, 0.1) is 6.10 Å². The maximum atomic E-state index is 13.6. The lowest BCUT2D eigenvalue weighted by Crippen LogP contribution is -2.55. The number of carbonyl (C=O) groups is 4. The molecule has 1 aliphatic heterocycles. The number of ether oxygens (including phenoxy) is 3. The molecular formula is C27H38N2O7. The van der Waals surface area contributed by atoms with Crippen molar-refractivity contribution in [3.8, 4) is 5.75 Å². The highest BCUT2D eigenvalue weighted by Crippen LogP contribution is 2.46. The second-order valence-electron chi connectivity index (χ2n) is 11.8. The van der Waals surface area contributed by atoms with Gasteiger partial charge in [-0.05, 0) is 105 Å². The molecule has 1 aromatic rings. The molecule has 0 unspecified atom stereocenters. The summed E-state index contributed by atoms with van der Waals surface area (Å²) >= 11 is 0. The summed E-state index contributed by atoms with van der Waals surface area (Å²) in [5, 5.41) is 0. The van der Waals surface area contributed by atoms with E-state index in [1.54, 1.807) is 41.5 Å². The molecule has 1 saturated carbocycles. The van der Waals surface area contributed by atoms with E-state index in [1.807, 2.05) is 38.1 Å². The van der Waals surface area contributed by atoms with Crippen LogP contribution < -0.4 is 4.74 Å². The Kier molecular flexibility index (Phi) is 7.44. The number of imide groups is 4. The molecule has 3 rings (SSSR count). The summed E-state index contributed by atoms with van der Waals surface area (Å²) in [5.74, 6) is 0.163. The van der Waals surface area contributed by atoms with Crippen LogP contribution in [-0.2, 0) is 14.3 Å². The summed E-state index contributed by atoms with van der Waals surface area (Å²) in [4.78, 5) is 54.2. The van der Waals surface area contributed by atoms with Crippen LogP contribution in [0.15, 0.2) is 24.3 Å². The van der Waals surface area contributed by atoms with Gasteiger partial charge in [-0.25, -0.2) is 19.3 Å². The first kappa shape index (κ1) is 27.5. The van der Waals surface area contributed by atoms with E-state index in [9.17, 15) is 19.2 Å². The fourth-order valence-corrected chi connectivity index (χ4v) is 4.66. The molecule has 1 aromatic carbocycles. The fourth-order valence-electron chi connectivity index (χ4n) is 4.66. The largest absolute Gasteiger partial charge is 0.491 e. The van der Waals surface area contributed by atoms with Crippen molar-refractivity contribution in [2.45, 2.75) is 110 Å². The molecule has 2 fully saturated rings. The van der Waals surface area contributed by atoms with Crippen molar-refractivity contribution >= 4 is 24.1 Å².